The van der Waals surface area contributed by atoms with E-state index in [4.69, 9.17) is 4.98 Å². The fourth-order valence-corrected chi connectivity index (χ4v) is 4.93. The van der Waals surface area contributed by atoms with Gasteiger partial charge >= 0.3 is 6.18 Å². The number of alkyl halides is 3. The number of aromatic nitrogens is 5. The van der Waals surface area contributed by atoms with Gasteiger partial charge in [0.1, 0.15) is 5.82 Å². The molecule has 1 aliphatic rings. The molecule has 166 valence electrons. The molecule has 1 aliphatic heterocycles. The normalized spacial score (nSPS) is 16.6. The van der Waals surface area contributed by atoms with Crippen LogP contribution in [0.3, 0.4) is 0 Å². The zero-order valence-corrected chi connectivity index (χ0v) is 18.3. The van der Waals surface area contributed by atoms with E-state index >= 15 is 0 Å². The Labute approximate surface area is 185 Å². The number of halogens is 3. The number of rotatable bonds is 2. The summed E-state index contributed by atoms with van der Waals surface area (Å²) in [6, 6.07) is 5.27. The van der Waals surface area contributed by atoms with E-state index in [1.807, 2.05) is 17.5 Å². The number of fused-ring (bicyclic) bond motifs is 2. The highest BCUT2D eigenvalue weighted by molar-refractivity contribution is 7.13. The zero-order chi connectivity index (χ0) is 22.8. The number of hydrogen-bond donors (Lipinski definition) is 0. The molecule has 0 radical (unpaired) electrons. The second kappa shape index (κ2) is 7.16. The molecule has 0 fully saturated rings. The Hall–Kier alpha value is -3.21. The summed E-state index contributed by atoms with van der Waals surface area (Å²) in [6.45, 7) is 3.34. The van der Waals surface area contributed by atoms with Crippen LogP contribution in [0.25, 0.3) is 21.6 Å². The average Bonchev–Trinajstić information content (AvgIpc) is 3.45. The molecule has 5 heterocycles. The highest BCUT2D eigenvalue weighted by Gasteiger charge is 2.46. The number of anilines is 1. The number of aryl methyl sites for hydroxylation is 3. The SMILES string of the molecule is Cc1cc2n(n1)[C@@H](C(F)(F)F)CCN2C(=O)c1cc(-c2cccs2)nc2c1c(C)nn2C. The summed E-state index contributed by atoms with van der Waals surface area (Å²) in [5, 5.41) is 11.0. The van der Waals surface area contributed by atoms with Gasteiger partial charge in [-0.25, -0.2) is 9.67 Å². The Balaban J connectivity index is 1.67. The third-order valence-corrected chi connectivity index (χ3v) is 6.52. The molecule has 7 nitrogen and oxygen atoms in total. The summed E-state index contributed by atoms with van der Waals surface area (Å²) in [5.41, 5.74) is 2.58. The Morgan fingerprint density at radius 2 is 2.00 bits per heavy atom. The van der Waals surface area contributed by atoms with Crippen LogP contribution in [0.1, 0.15) is 34.2 Å². The van der Waals surface area contributed by atoms with Crippen molar-refractivity contribution in [2.45, 2.75) is 32.5 Å². The predicted octanol–water partition coefficient (Wildman–Crippen LogP) is 4.66. The summed E-state index contributed by atoms with van der Waals surface area (Å²) in [7, 11) is 1.75. The van der Waals surface area contributed by atoms with Crippen molar-refractivity contribution in [3.05, 3.63) is 46.6 Å². The van der Waals surface area contributed by atoms with Crippen LogP contribution in [0.15, 0.2) is 29.6 Å². The van der Waals surface area contributed by atoms with Gasteiger partial charge in [-0.05, 0) is 37.8 Å². The first kappa shape index (κ1) is 20.7. The van der Waals surface area contributed by atoms with Gasteiger partial charge in [0.15, 0.2) is 11.7 Å². The van der Waals surface area contributed by atoms with Crippen LogP contribution in [0.4, 0.5) is 19.0 Å². The quantitative estimate of drug-likeness (QED) is 0.436. The largest absolute Gasteiger partial charge is 0.410 e. The molecular weight excluding hydrogens is 441 g/mol. The predicted molar refractivity (Wildman–Crippen MR) is 115 cm³/mol. The van der Waals surface area contributed by atoms with Gasteiger partial charge in [-0.3, -0.25) is 14.4 Å². The molecule has 1 atom stereocenters. The van der Waals surface area contributed by atoms with E-state index in [0.717, 1.165) is 9.56 Å². The van der Waals surface area contributed by atoms with Crippen LogP contribution >= 0.6 is 11.3 Å². The first-order valence-corrected chi connectivity index (χ1v) is 10.9. The maximum Gasteiger partial charge on any atom is 0.410 e. The number of carbonyl (C=O) groups excluding carboxylic acids is 1. The van der Waals surface area contributed by atoms with Crippen LogP contribution in [0, 0.1) is 13.8 Å². The molecule has 32 heavy (non-hydrogen) atoms. The highest BCUT2D eigenvalue weighted by Crippen LogP contribution is 2.40. The molecule has 4 aromatic heterocycles. The maximum atomic E-state index is 13.8. The van der Waals surface area contributed by atoms with E-state index in [-0.39, 0.29) is 18.8 Å². The lowest BCUT2D eigenvalue weighted by molar-refractivity contribution is -0.172. The lowest BCUT2D eigenvalue weighted by Crippen LogP contribution is -2.43. The van der Waals surface area contributed by atoms with E-state index in [1.54, 1.807) is 31.6 Å². The number of carbonyl (C=O) groups is 1. The van der Waals surface area contributed by atoms with E-state index in [2.05, 4.69) is 10.2 Å². The van der Waals surface area contributed by atoms with Crippen LogP contribution in [0.2, 0.25) is 0 Å². The summed E-state index contributed by atoms with van der Waals surface area (Å²) < 4.78 is 43.3. The number of amides is 1. The Kier molecular flexibility index (Phi) is 4.63. The Bertz CT molecular complexity index is 1340. The van der Waals surface area contributed by atoms with Gasteiger partial charge in [0, 0.05) is 19.7 Å². The summed E-state index contributed by atoms with van der Waals surface area (Å²) in [5.74, 6) is -0.252. The van der Waals surface area contributed by atoms with Gasteiger partial charge in [-0.2, -0.15) is 23.4 Å². The molecule has 11 heteroatoms. The lowest BCUT2D eigenvalue weighted by atomic mass is 10.1. The molecule has 0 aromatic carbocycles. The summed E-state index contributed by atoms with van der Waals surface area (Å²) in [4.78, 5) is 20.7. The number of hydrogen-bond acceptors (Lipinski definition) is 5. The van der Waals surface area contributed by atoms with E-state index in [0.29, 0.717) is 33.7 Å². The van der Waals surface area contributed by atoms with Crippen LogP contribution in [-0.4, -0.2) is 43.2 Å². The van der Waals surface area contributed by atoms with Crippen molar-refractivity contribution >= 4 is 34.1 Å². The molecular formula is C21H19F3N6OS. The monoisotopic (exact) mass is 460 g/mol. The van der Waals surface area contributed by atoms with Gasteiger partial charge in [0.25, 0.3) is 5.91 Å². The number of thiophene rings is 1. The molecule has 4 aromatic rings. The number of nitrogens with zero attached hydrogens (tertiary/aromatic N) is 6. The third-order valence-electron chi connectivity index (χ3n) is 5.63. The maximum absolute atomic E-state index is 13.8. The summed E-state index contributed by atoms with van der Waals surface area (Å²) in [6.07, 6.45) is -4.71. The molecule has 0 saturated carbocycles. The summed E-state index contributed by atoms with van der Waals surface area (Å²) >= 11 is 1.49. The van der Waals surface area contributed by atoms with E-state index < -0.39 is 18.1 Å². The second-order valence-electron chi connectivity index (χ2n) is 7.83. The van der Waals surface area contributed by atoms with Crippen LogP contribution in [0.5, 0.6) is 0 Å². The van der Waals surface area contributed by atoms with Crippen molar-refractivity contribution in [3.8, 4) is 10.6 Å². The highest BCUT2D eigenvalue weighted by atomic mass is 32.1. The van der Waals surface area contributed by atoms with E-state index in [1.165, 1.54) is 22.3 Å². The molecule has 0 unspecified atom stereocenters. The molecule has 1 amide bonds. The van der Waals surface area contributed by atoms with Crippen molar-refractivity contribution in [1.29, 1.82) is 0 Å². The van der Waals surface area contributed by atoms with Crippen LogP contribution < -0.4 is 4.90 Å². The fourth-order valence-electron chi connectivity index (χ4n) is 4.24. The van der Waals surface area contributed by atoms with Gasteiger partial charge in [-0.1, -0.05) is 6.07 Å². The first-order valence-electron chi connectivity index (χ1n) is 9.98. The minimum atomic E-state index is -4.45. The van der Waals surface area contributed by atoms with Crippen molar-refractivity contribution in [2.24, 2.45) is 7.05 Å². The molecule has 5 rings (SSSR count). The lowest BCUT2D eigenvalue weighted by Gasteiger charge is -2.34. The smallest absolute Gasteiger partial charge is 0.293 e. The third kappa shape index (κ3) is 3.19. The van der Waals surface area contributed by atoms with E-state index in [9.17, 15) is 18.0 Å². The molecule has 0 bridgehead atoms. The standard InChI is InChI=1S/C21H19F3N6OS/c1-11-9-17-29(7-6-16(21(22,23)24)30(17)26-11)20(31)13-10-14(15-5-4-8-32-15)25-19-18(13)12(2)27-28(19)3/h4-5,8-10,16H,6-7H2,1-3H3/t16-/m1/s1. The van der Waals surface area contributed by atoms with Crippen molar-refractivity contribution in [2.75, 3.05) is 11.4 Å². The zero-order valence-electron chi connectivity index (χ0n) is 17.5. The average molecular weight is 460 g/mol. The van der Waals surface area contributed by atoms with Crippen molar-refractivity contribution in [3.63, 3.8) is 0 Å². The second-order valence-corrected chi connectivity index (χ2v) is 8.78. The molecule has 0 N–H and O–H groups in total. The minimum Gasteiger partial charge on any atom is -0.293 e. The topological polar surface area (TPSA) is 68.8 Å². The molecule has 0 saturated heterocycles. The van der Waals surface area contributed by atoms with Crippen molar-refractivity contribution in [1.82, 2.24) is 24.5 Å². The van der Waals surface area contributed by atoms with Gasteiger partial charge in [0.2, 0.25) is 0 Å². The van der Waals surface area contributed by atoms with Gasteiger partial charge < -0.3 is 0 Å². The Morgan fingerprint density at radius 3 is 2.69 bits per heavy atom. The van der Waals surface area contributed by atoms with Gasteiger partial charge in [-0.15, -0.1) is 11.3 Å². The van der Waals surface area contributed by atoms with Crippen LogP contribution in [-0.2, 0) is 7.05 Å². The fraction of sp³-hybridized carbons (Fsp3) is 0.333. The first-order chi connectivity index (χ1) is 15.1. The molecule has 0 spiro atoms. The Morgan fingerprint density at radius 1 is 1.22 bits per heavy atom. The van der Waals surface area contributed by atoms with Gasteiger partial charge in [0.05, 0.1) is 32.9 Å². The molecule has 0 aliphatic carbocycles. The number of pyridine rings is 1. The van der Waals surface area contributed by atoms with Crippen molar-refractivity contribution < 1.29 is 18.0 Å². The minimum absolute atomic E-state index is 0.0639.